The van der Waals surface area contributed by atoms with Crippen molar-refractivity contribution in [3.05, 3.63) is 29.8 Å². The van der Waals surface area contributed by atoms with Crippen LogP contribution in [-0.2, 0) is 0 Å². The second-order valence-electron chi connectivity index (χ2n) is 2.97. The van der Waals surface area contributed by atoms with Crippen molar-refractivity contribution in [3.63, 3.8) is 0 Å². The third-order valence-electron chi connectivity index (χ3n) is 2.09. The summed E-state index contributed by atoms with van der Waals surface area (Å²) in [6, 6.07) is 9.49. The van der Waals surface area contributed by atoms with Crippen molar-refractivity contribution in [3.8, 4) is 11.8 Å². The minimum Gasteiger partial charge on any atom is -0.497 e. The predicted octanol–water partition coefficient (Wildman–Crippen LogP) is 1.68. The highest BCUT2D eigenvalue weighted by molar-refractivity contribution is 5.31. The fourth-order valence-corrected chi connectivity index (χ4v) is 1.27. The molecule has 1 atom stereocenters. The van der Waals surface area contributed by atoms with E-state index in [1.165, 1.54) is 0 Å². The van der Waals surface area contributed by atoms with Crippen LogP contribution in [0.15, 0.2) is 24.3 Å². The van der Waals surface area contributed by atoms with E-state index in [9.17, 15) is 0 Å². The smallest absolute Gasteiger partial charge is 0.118 e. The average Bonchev–Trinajstić information content (AvgIpc) is 2.26. The number of nitrogens with zero attached hydrogens (tertiary/aromatic N) is 1. The van der Waals surface area contributed by atoms with E-state index in [0.717, 1.165) is 11.3 Å². The molecule has 0 spiro atoms. The summed E-state index contributed by atoms with van der Waals surface area (Å²) in [5.74, 6) is 0.542. The number of hydrogen-bond donors (Lipinski definition) is 1. The standard InChI is InChI=1S/C11H13NO2/c1-14-11-4-2-9(3-5-11)10(8-12)6-7-13/h2-5,10,13H,6-7H2,1H3/t10-/m1/s1. The summed E-state index contributed by atoms with van der Waals surface area (Å²) in [5.41, 5.74) is 0.919. The number of aliphatic hydroxyl groups excluding tert-OH is 1. The van der Waals surface area contributed by atoms with Crippen molar-refractivity contribution < 1.29 is 9.84 Å². The fourth-order valence-electron chi connectivity index (χ4n) is 1.27. The first-order chi connectivity index (χ1) is 6.81. The van der Waals surface area contributed by atoms with Gasteiger partial charge in [-0.05, 0) is 24.1 Å². The topological polar surface area (TPSA) is 53.2 Å². The number of methoxy groups -OCH3 is 1. The molecule has 74 valence electrons. The molecule has 0 aliphatic carbocycles. The molecule has 0 aliphatic heterocycles. The summed E-state index contributed by atoms with van der Waals surface area (Å²) in [7, 11) is 1.60. The van der Waals surface area contributed by atoms with Gasteiger partial charge in [-0.1, -0.05) is 12.1 Å². The van der Waals surface area contributed by atoms with Gasteiger partial charge in [0.25, 0.3) is 0 Å². The molecule has 1 aromatic carbocycles. The first-order valence-corrected chi connectivity index (χ1v) is 4.46. The SMILES string of the molecule is COc1ccc([C@@H](C#N)CCO)cc1. The van der Waals surface area contributed by atoms with Gasteiger partial charge in [-0.3, -0.25) is 0 Å². The van der Waals surface area contributed by atoms with Crippen LogP contribution in [0, 0.1) is 11.3 Å². The summed E-state index contributed by atoms with van der Waals surface area (Å²) < 4.78 is 5.01. The summed E-state index contributed by atoms with van der Waals surface area (Å²) in [4.78, 5) is 0. The largest absolute Gasteiger partial charge is 0.497 e. The second kappa shape index (κ2) is 5.25. The number of ether oxygens (including phenoxy) is 1. The zero-order chi connectivity index (χ0) is 10.4. The molecule has 0 heterocycles. The minimum atomic E-state index is -0.231. The Kier molecular flexibility index (Phi) is 3.96. The molecule has 1 N–H and O–H groups in total. The Labute approximate surface area is 83.6 Å². The summed E-state index contributed by atoms with van der Waals surface area (Å²) in [6.45, 7) is 0.0320. The quantitative estimate of drug-likeness (QED) is 0.787. The van der Waals surface area contributed by atoms with E-state index in [-0.39, 0.29) is 12.5 Å². The molecule has 0 saturated heterocycles. The lowest BCUT2D eigenvalue weighted by molar-refractivity contribution is 0.283. The van der Waals surface area contributed by atoms with Crippen LogP contribution < -0.4 is 4.74 Å². The maximum absolute atomic E-state index is 8.84. The van der Waals surface area contributed by atoms with Gasteiger partial charge in [0.2, 0.25) is 0 Å². The Morgan fingerprint density at radius 1 is 1.43 bits per heavy atom. The van der Waals surface area contributed by atoms with Crippen LogP contribution in [0.3, 0.4) is 0 Å². The lowest BCUT2D eigenvalue weighted by atomic mass is 9.98. The Morgan fingerprint density at radius 2 is 2.07 bits per heavy atom. The molecule has 0 unspecified atom stereocenters. The second-order valence-corrected chi connectivity index (χ2v) is 2.97. The van der Waals surface area contributed by atoms with Gasteiger partial charge in [-0.15, -0.1) is 0 Å². The van der Waals surface area contributed by atoms with E-state index in [0.29, 0.717) is 6.42 Å². The Balaban J connectivity index is 2.79. The van der Waals surface area contributed by atoms with Crippen molar-refractivity contribution in [1.29, 1.82) is 5.26 Å². The van der Waals surface area contributed by atoms with Gasteiger partial charge in [-0.2, -0.15) is 5.26 Å². The van der Waals surface area contributed by atoms with E-state index in [1.807, 2.05) is 24.3 Å². The molecular weight excluding hydrogens is 178 g/mol. The van der Waals surface area contributed by atoms with Crippen LogP contribution in [0.1, 0.15) is 17.9 Å². The molecule has 0 fully saturated rings. The first-order valence-electron chi connectivity index (χ1n) is 4.46. The predicted molar refractivity (Wildman–Crippen MR) is 53.1 cm³/mol. The molecule has 3 heteroatoms. The lowest BCUT2D eigenvalue weighted by Crippen LogP contribution is -1.98. The molecule has 1 aromatic rings. The Bertz CT molecular complexity index is 313. The van der Waals surface area contributed by atoms with Gasteiger partial charge in [0.05, 0.1) is 19.1 Å². The highest BCUT2D eigenvalue weighted by Crippen LogP contribution is 2.21. The van der Waals surface area contributed by atoms with Gasteiger partial charge in [0.15, 0.2) is 0 Å². The van der Waals surface area contributed by atoms with E-state index in [1.54, 1.807) is 7.11 Å². The molecule has 0 bridgehead atoms. The van der Waals surface area contributed by atoms with Crippen LogP contribution in [0.5, 0.6) is 5.75 Å². The molecule has 0 amide bonds. The van der Waals surface area contributed by atoms with Crippen molar-refractivity contribution >= 4 is 0 Å². The molecule has 14 heavy (non-hydrogen) atoms. The highest BCUT2D eigenvalue weighted by Gasteiger charge is 2.09. The van der Waals surface area contributed by atoms with Gasteiger partial charge in [-0.25, -0.2) is 0 Å². The number of nitriles is 1. The molecule has 3 nitrogen and oxygen atoms in total. The number of hydrogen-bond acceptors (Lipinski definition) is 3. The lowest BCUT2D eigenvalue weighted by Gasteiger charge is -2.07. The summed E-state index contributed by atoms with van der Waals surface area (Å²) in [5, 5.41) is 17.6. The van der Waals surface area contributed by atoms with Crippen molar-refractivity contribution in [1.82, 2.24) is 0 Å². The molecule has 1 rings (SSSR count). The molecule has 0 aliphatic rings. The fraction of sp³-hybridized carbons (Fsp3) is 0.364. The summed E-state index contributed by atoms with van der Waals surface area (Å²) in [6.07, 6.45) is 0.475. The van der Waals surface area contributed by atoms with Gasteiger partial charge in [0.1, 0.15) is 5.75 Å². The monoisotopic (exact) mass is 191 g/mol. The van der Waals surface area contributed by atoms with Crippen LogP contribution in [0.2, 0.25) is 0 Å². The number of benzene rings is 1. The number of aliphatic hydroxyl groups is 1. The van der Waals surface area contributed by atoms with E-state index in [2.05, 4.69) is 6.07 Å². The van der Waals surface area contributed by atoms with E-state index in [4.69, 9.17) is 15.1 Å². The van der Waals surface area contributed by atoms with Crippen LogP contribution >= 0.6 is 0 Å². The van der Waals surface area contributed by atoms with Crippen molar-refractivity contribution in [2.24, 2.45) is 0 Å². The molecule has 0 radical (unpaired) electrons. The molecule has 0 aromatic heterocycles. The Hall–Kier alpha value is -1.53. The Morgan fingerprint density at radius 3 is 2.50 bits per heavy atom. The number of rotatable bonds is 4. The van der Waals surface area contributed by atoms with Gasteiger partial charge in [0, 0.05) is 6.61 Å². The minimum absolute atomic E-state index is 0.0320. The van der Waals surface area contributed by atoms with E-state index >= 15 is 0 Å². The maximum atomic E-state index is 8.84. The van der Waals surface area contributed by atoms with Crippen LogP contribution in [0.4, 0.5) is 0 Å². The van der Waals surface area contributed by atoms with Crippen LogP contribution in [0.25, 0.3) is 0 Å². The van der Waals surface area contributed by atoms with Crippen LogP contribution in [-0.4, -0.2) is 18.8 Å². The molecule has 0 saturated carbocycles. The van der Waals surface area contributed by atoms with E-state index < -0.39 is 0 Å². The zero-order valence-electron chi connectivity index (χ0n) is 8.10. The third-order valence-corrected chi connectivity index (χ3v) is 2.09. The first kappa shape index (κ1) is 10.6. The third kappa shape index (κ3) is 2.48. The summed E-state index contributed by atoms with van der Waals surface area (Å²) >= 11 is 0. The molecular formula is C11H13NO2. The van der Waals surface area contributed by atoms with Crippen molar-refractivity contribution in [2.45, 2.75) is 12.3 Å². The van der Waals surface area contributed by atoms with Gasteiger partial charge < -0.3 is 9.84 Å². The zero-order valence-corrected chi connectivity index (χ0v) is 8.10. The normalized spacial score (nSPS) is 11.8. The maximum Gasteiger partial charge on any atom is 0.118 e. The average molecular weight is 191 g/mol. The highest BCUT2D eigenvalue weighted by atomic mass is 16.5. The van der Waals surface area contributed by atoms with Gasteiger partial charge >= 0.3 is 0 Å². The van der Waals surface area contributed by atoms with Crippen molar-refractivity contribution in [2.75, 3.05) is 13.7 Å².